The van der Waals surface area contributed by atoms with Gasteiger partial charge in [0.1, 0.15) is 5.75 Å². The minimum absolute atomic E-state index is 0.120. The monoisotopic (exact) mass is 247 g/mol. The molecule has 18 heavy (non-hydrogen) atoms. The minimum atomic E-state index is -0.793. The van der Waals surface area contributed by atoms with Crippen LogP contribution in [0.25, 0.3) is 10.9 Å². The molecule has 0 saturated heterocycles. The van der Waals surface area contributed by atoms with Crippen LogP contribution in [0.15, 0.2) is 24.3 Å². The first kappa shape index (κ1) is 12.5. The Kier molecular flexibility index (Phi) is 3.28. The van der Waals surface area contributed by atoms with Gasteiger partial charge in [0.05, 0.1) is 11.9 Å². The summed E-state index contributed by atoms with van der Waals surface area (Å²) < 4.78 is 2.08. The summed E-state index contributed by atoms with van der Waals surface area (Å²) in [6.45, 7) is 4.10. The number of carboxylic acid groups (broad SMARTS) is 1. The molecular formula is C14H17NO3. The molecular weight excluding hydrogens is 230 g/mol. The van der Waals surface area contributed by atoms with E-state index in [9.17, 15) is 9.90 Å². The second kappa shape index (κ2) is 4.72. The second-order valence-electron chi connectivity index (χ2n) is 4.74. The second-order valence-corrected chi connectivity index (χ2v) is 4.74. The first-order valence-corrected chi connectivity index (χ1v) is 6.03. The molecule has 2 rings (SSSR count). The Morgan fingerprint density at radius 1 is 1.33 bits per heavy atom. The molecule has 0 aliphatic rings. The van der Waals surface area contributed by atoms with Crippen LogP contribution in [0.2, 0.25) is 0 Å². The van der Waals surface area contributed by atoms with Crippen LogP contribution < -0.4 is 0 Å². The molecule has 1 aromatic heterocycles. The summed E-state index contributed by atoms with van der Waals surface area (Å²) in [6, 6.07) is 7.45. The van der Waals surface area contributed by atoms with Crippen LogP contribution in [0.1, 0.15) is 32.0 Å². The summed E-state index contributed by atoms with van der Waals surface area (Å²) in [5.41, 5.74) is 1.94. The number of hydrogen-bond donors (Lipinski definition) is 2. The van der Waals surface area contributed by atoms with Gasteiger partial charge in [0, 0.05) is 23.2 Å². The zero-order valence-electron chi connectivity index (χ0n) is 10.6. The third-order valence-electron chi connectivity index (χ3n) is 3.02. The summed E-state index contributed by atoms with van der Waals surface area (Å²) in [4.78, 5) is 10.7. The van der Waals surface area contributed by atoms with Gasteiger partial charge in [0.25, 0.3) is 0 Å². The van der Waals surface area contributed by atoms with Crippen molar-refractivity contribution in [2.75, 3.05) is 0 Å². The number of hydrogen-bond acceptors (Lipinski definition) is 2. The number of nitrogens with zero attached hydrogens (tertiary/aromatic N) is 1. The molecule has 0 atom stereocenters. The molecule has 4 heteroatoms. The molecule has 0 radical (unpaired) electrons. The molecule has 1 heterocycles. The van der Waals surface area contributed by atoms with E-state index in [-0.39, 0.29) is 18.2 Å². The number of benzene rings is 1. The molecule has 2 aromatic rings. The lowest BCUT2D eigenvalue weighted by atomic mass is 10.2. The van der Waals surface area contributed by atoms with Gasteiger partial charge < -0.3 is 14.8 Å². The van der Waals surface area contributed by atoms with Crippen LogP contribution in [-0.2, 0) is 11.2 Å². The molecule has 0 spiro atoms. The Bertz CT molecular complexity index is 584. The molecule has 0 aliphatic carbocycles. The number of aliphatic carboxylic acids is 1. The van der Waals surface area contributed by atoms with Crippen molar-refractivity contribution >= 4 is 16.9 Å². The average Bonchev–Trinajstić information content (AvgIpc) is 2.63. The molecule has 0 fully saturated rings. The number of phenolic OH excluding ortho intramolecular Hbond substituents is 1. The largest absolute Gasteiger partial charge is 0.508 e. The van der Waals surface area contributed by atoms with E-state index in [2.05, 4.69) is 4.57 Å². The van der Waals surface area contributed by atoms with E-state index in [1.807, 2.05) is 26.0 Å². The Morgan fingerprint density at radius 2 is 2.06 bits per heavy atom. The molecule has 0 bridgehead atoms. The summed E-state index contributed by atoms with van der Waals surface area (Å²) in [7, 11) is 0. The number of carbonyl (C=O) groups is 1. The predicted molar refractivity (Wildman–Crippen MR) is 69.9 cm³/mol. The maximum atomic E-state index is 10.7. The Balaban J connectivity index is 2.51. The minimum Gasteiger partial charge on any atom is -0.508 e. The zero-order chi connectivity index (χ0) is 13.3. The number of rotatable bonds is 4. The highest BCUT2D eigenvalue weighted by Gasteiger charge is 2.12. The molecule has 4 nitrogen and oxygen atoms in total. The molecule has 0 unspecified atom stereocenters. The fraction of sp³-hybridized carbons (Fsp3) is 0.357. The molecule has 1 aromatic carbocycles. The van der Waals surface area contributed by atoms with Crippen molar-refractivity contribution in [1.82, 2.24) is 4.57 Å². The van der Waals surface area contributed by atoms with Crippen LogP contribution in [-0.4, -0.2) is 20.7 Å². The summed E-state index contributed by atoms with van der Waals surface area (Å²) in [5.74, 6) is -0.564. The topological polar surface area (TPSA) is 62.5 Å². The van der Waals surface area contributed by atoms with Gasteiger partial charge in [-0.3, -0.25) is 4.79 Å². The number of aromatic hydroxyl groups is 1. The molecule has 0 saturated carbocycles. The van der Waals surface area contributed by atoms with Gasteiger partial charge in [-0.1, -0.05) is 0 Å². The van der Waals surface area contributed by atoms with E-state index in [4.69, 9.17) is 5.11 Å². The van der Waals surface area contributed by atoms with Crippen molar-refractivity contribution in [2.45, 2.75) is 32.7 Å². The lowest BCUT2D eigenvalue weighted by Gasteiger charge is -2.14. The van der Waals surface area contributed by atoms with Gasteiger partial charge in [0.15, 0.2) is 0 Å². The SMILES string of the molecule is CC(C)n1c(CCC(=O)O)cc2ccc(O)cc21. The zero-order valence-corrected chi connectivity index (χ0v) is 10.6. The lowest BCUT2D eigenvalue weighted by molar-refractivity contribution is -0.137. The van der Waals surface area contributed by atoms with Crippen molar-refractivity contribution in [3.05, 3.63) is 30.0 Å². The lowest BCUT2D eigenvalue weighted by Crippen LogP contribution is -2.07. The number of aromatic nitrogens is 1. The molecule has 0 aliphatic heterocycles. The van der Waals surface area contributed by atoms with Crippen LogP contribution in [0, 0.1) is 0 Å². The van der Waals surface area contributed by atoms with Crippen molar-refractivity contribution < 1.29 is 15.0 Å². The van der Waals surface area contributed by atoms with E-state index in [1.165, 1.54) is 0 Å². The number of aryl methyl sites for hydroxylation is 1. The van der Waals surface area contributed by atoms with E-state index < -0.39 is 5.97 Å². The highest BCUT2D eigenvalue weighted by molar-refractivity contribution is 5.83. The normalized spacial score (nSPS) is 11.3. The molecule has 0 amide bonds. The van der Waals surface area contributed by atoms with Crippen molar-refractivity contribution in [1.29, 1.82) is 0 Å². The summed E-state index contributed by atoms with van der Waals surface area (Å²) in [5, 5.41) is 19.4. The van der Waals surface area contributed by atoms with E-state index >= 15 is 0 Å². The van der Waals surface area contributed by atoms with E-state index in [0.29, 0.717) is 6.42 Å². The molecule has 96 valence electrons. The Labute approximate surface area is 105 Å². The van der Waals surface area contributed by atoms with Crippen LogP contribution in [0.4, 0.5) is 0 Å². The van der Waals surface area contributed by atoms with Gasteiger partial charge in [0.2, 0.25) is 0 Å². The number of fused-ring (bicyclic) bond motifs is 1. The molecule has 2 N–H and O–H groups in total. The van der Waals surface area contributed by atoms with E-state index in [0.717, 1.165) is 16.6 Å². The van der Waals surface area contributed by atoms with Crippen LogP contribution in [0.3, 0.4) is 0 Å². The van der Waals surface area contributed by atoms with Crippen molar-refractivity contribution in [3.8, 4) is 5.75 Å². The fourth-order valence-electron chi connectivity index (χ4n) is 2.30. The Morgan fingerprint density at radius 3 is 2.67 bits per heavy atom. The first-order chi connectivity index (χ1) is 8.49. The van der Waals surface area contributed by atoms with Gasteiger partial charge in [-0.2, -0.15) is 0 Å². The number of phenols is 1. The van der Waals surface area contributed by atoms with Crippen LogP contribution >= 0.6 is 0 Å². The highest BCUT2D eigenvalue weighted by Crippen LogP contribution is 2.27. The third-order valence-corrected chi connectivity index (χ3v) is 3.02. The third kappa shape index (κ3) is 2.32. The van der Waals surface area contributed by atoms with Crippen molar-refractivity contribution in [3.63, 3.8) is 0 Å². The van der Waals surface area contributed by atoms with Crippen LogP contribution in [0.5, 0.6) is 5.75 Å². The first-order valence-electron chi connectivity index (χ1n) is 6.03. The Hall–Kier alpha value is -1.97. The quantitative estimate of drug-likeness (QED) is 0.873. The van der Waals surface area contributed by atoms with Gasteiger partial charge in [-0.15, -0.1) is 0 Å². The van der Waals surface area contributed by atoms with E-state index in [1.54, 1.807) is 12.1 Å². The highest BCUT2D eigenvalue weighted by atomic mass is 16.4. The summed E-state index contributed by atoms with van der Waals surface area (Å²) >= 11 is 0. The van der Waals surface area contributed by atoms with Crippen molar-refractivity contribution in [2.24, 2.45) is 0 Å². The van der Waals surface area contributed by atoms with Gasteiger partial charge in [-0.25, -0.2) is 0 Å². The smallest absolute Gasteiger partial charge is 0.303 e. The summed E-state index contributed by atoms with van der Waals surface area (Å²) in [6.07, 6.45) is 0.623. The maximum absolute atomic E-state index is 10.7. The fourth-order valence-corrected chi connectivity index (χ4v) is 2.30. The maximum Gasteiger partial charge on any atom is 0.303 e. The predicted octanol–water partition coefficient (Wildman–Crippen LogP) is 2.95. The average molecular weight is 247 g/mol. The van der Waals surface area contributed by atoms with Gasteiger partial charge >= 0.3 is 5.97 Å². The van der Waals surface area contributed by atoms with Gasteiger partial charge in [-0.05, 0) is 38.5 Å². The standard InChI is InChI=1S/C14H17NO3/c1-9(2)15-11(4-6-14(17)18)7-10-3-5-12(16)8-13(10)15/h3,5,7-9,16H,4,6H2,1-2H3,(H,17,18). The number of carboxylic acids is 1.